The first kappa shape index (κ1) is 10.5. The van der Waals surface area contributed by atoms with Gasteiger partial charge in [-0.15, -0.1) is 0 Å². The third-order valence-corrected chi connectivity index (χ3v) is 1.76. The summed E-state index contributed by atoms with van der Waals surface area (Å²) in [5.41, 5.74) is -0.385. The Hall–Kier alpha value is -1.58. The maximum Gasteiger partial charge on any atom is 0.172 e. The summed E-state index contributed by atoms with van der Waals surface area (Å²) < 4.78 is 25.7. The Labute approximate surface area is 79.6 Å². The van der Waals surface area contributed by atoms with Crippen molar-refractivity contribution in [1.82, 2.24) is 0 Å². The quantitative estimate of drug-likeness (QED) is 0.441. The normalized spacial score (nSPS) is 23.1. The fourth-order valence-corrected chi connectivity index (χ4v) is 0.993. The smallest absolute Gasteiger partial charge is 0.172 e. The van der Waals surface area contributed by atoms with Gasteiger partial charge >= 0.3 is 0 Å². The lowest BCUT2D eigenvalue weighted by Crippen LogP contribution is -2.09. The summed E-state index contributed by atoms with van der Waals surface area (Å²) in [5.74, 6) is -2.94. The van der Waals surface area contributed by atoms with E-state index in [-0.39, 0.29) is 5.57 Å². The number of halogens is 2. The summed E-state index contributed by atoms with van der Waals surface area (Å²) >= 11 is 0. The first-order valence-electron chi connectivity index (χ1n) is 3.96. The van der Waals surface area contributed by atoms with Gasteiger partial charge in [-0.3, -0.25) is 9.59 Å². The molecule has 0 radical (unpaired) electrons. The SMILES string of the molecule is C=C1C(=O)CC(=O)C/C(F)=C\C=C1F. The number of Topliss-reactive ketones (excluding diaryl/α,β-unsaturated/α-hetero) is 2. The van der Waals surface area contributed by atoms with Crippen LogP contribution >= 0.6 is 0 Å². The number of carbonyl (C=O) groups is 2. The highest BCUT2D eigenvalue weighted by atomic mass is 19.1. The zero-order valence-corrected chi connectivity index (χ0v) is 7.35. The third kappa shape index (κ3) is 2.45. The molecular weight excluding hydrogens is 190 g/mol. The highest BCUT2D eigenvalue weighted by molar-refractivity contribution is 6.09. The van der Waals surface area contributed by atoms with Gasteiger partial charge in [0.1, 0.15) is 17.4 Å². The fraction of sp³-hybridized carbons (Fsp3) is 0.200. The van der Waals surface area contributed by atoms with E-state index in [4.69, 9.17) is 0 Å². The van der Waals surface area contributed by atoms with Gasteiger partial charge in [0.15, 0.2) is 5.78 Å². The van der Waals surface area contributed by atoms with Gasteiger partial charge in [0.25, 0.3) is 0 Å². The predicted octanol–water partition coefficient (Wildman–Crippen LogP) is 2.18. The van der Waals surface area contributed by atoms with Crippen molar-refractivity contribution >= 4 is 11.6 Å². The number of hydrogen-bond acceptors (Lipinski definition) is 2. The minimum Gasteiger partial charge on any atom is -0.299 e. The molecule has 0 saturated heterocycles. The van der Waals surface area contributed by atoms with Crippen molar-refractivity contribution < 1.29 is 18.4 Å². The Bertz CT molecular complexity index is 364. The molecule has 0 unspecified atom stereocenters. The number of ketones is 2. The number of hydrogen-bond donors (Lipinski definition) is 0. The molecule has 0 N–H and O–H groups in total. The largest absolute Gasteiger partial charge is 0.299 e. The second-order valence-corrected chi connectivity index (χ2v) is 2.92. The molecule has 0 spiro atoms. The van der Waals surface area contributed by atoms with Crippen molar-refractivity contribution in [2.75, 3.05) is 0 Å². The first-order valence-corrected chi connectivity index (χ1v) is 3.96. The van der Waals surface area contributed by atoms with Crippen molar-refractivity contribution in [2.24, 2.45) is 0 Å². The van der Waals surface area contributed by atoms with Crippen LogP contribution in [-0.4, -0.2) is 11.6 Å². The van der Waals surface area contributed by atoms with Gasteiger partial charge in [0.2, 0.25) is 0 Å². The minimum absolute atomic E-state index is 0.385. The van der Waals surface area contributed by atoms with Gasteiger partial charge < -0.3 is 0 Å². The summed E-state index contributed by atoms with van der Waals surface area (Å²) in [4.78, 5) is 22.1. The van der Waals surface area contributed by atoms with Gasteiger partial charge in [-0.2, -0.15) is 0 Å². The van der Waals surface area contributed by atoms with Crippen LogP contribution in [0.1, 0.15) is 12.8 Å². The topological polar surface area (TPSA) is 34.1 Å². The lowest BCUT2D eigenvalue weighted by Gasteiger charge is -1.98. The van der Waals surface area contributed by atoms with Crippen molar-refractivity contribution in [3.8, 4) is 0 Å². The maximum absolute atomic E-state index is 13.0. The summed E-state index contributed by atoms with van der Waals surface area (Å²) in [6, 6.07) is 0. The molecule has 1 aliphatic rings. The molecule has 1 rings (SSSR count). The zero-order valence-electron chi connectivity index (χ0n) is 7.35. The van der Waals surface area contributed by atoms with Crippen LogP contribution in [0.15, 0.2) is 36.0 Å². The maximum atomic E-state index is 13.0. The van der Waals surface area contributed by atoms with E-state index in [9.17, 15) is 18.4 Å². The van der Waals surface area contributed by atoms with Crippen LogP contribution in [0.5, 0.6) is 0 Å². The van der Waals surface area contributed by atoms with Crippen LogP contribution in [0.4, 0.5) is 8.78 Å². The molecule has 0 aliphatic heterocycles. The molecule has 0 aromatic rings. The van der Waals surface area contributed by atoms with Crippen molar-refractivity contribution in [1.29, 1.82) is 0 Å². The third-order valence-electron chi connectivity index (χ3n) is 1.76. The van der Waals surface area contributed by atoms with Gasteiger partial charge in [-0.25, -0.2) is 8.78 Å². The first-order chi connectivity index (χ1) is 6.50. The van der Waals surface area contributed by atoms with Crippen molar-refractivity contribution in [2.45, 2.75) is 12.8 Å². The lowest BCUT2D eigenvalue weighted by molar-refractivity contribution is -0.124. The lowest BCUT2D eigenvalue weighted by atomic mass is 10.1. The number of rotatable bonds is 0. The van der Waals surface area contributed by atoms with Crippen LogP contribution < -0.4 is 0 Å². The highest BCUT2D eigenvalue weighted by Crippen LogP contribution is 2.17. The zero-order chi connectivity index (χ0) is 10.7. The Kier molecular flexibility index (Phi) is 3.06. The van der Waals surface area contributed by atoms with Crippen LogP contribution in [0, 0.1) is 0 Å². The Morgan fingerprint density at radius 2 is 1.79 bits per heavy atom. The number of allylic oxidation sites excluding steroid dienone is 5. The van der Waals surface area contributed by atoms with Crippen LogP contribution in [0.25, 0.3) is 0 Å². The van der Waals surface area contributed by atoms with E-state index in [1.165, 1.54) is 0 Å². The molecule has 0 saturated carbocycles. The number of carbonyl (C=O) groups excluding carboxylic acids is 2. The van der Waals surface area contributed by atoms with Crippen molar-refractivity contribution in [3.05, 3.63) is 36.0 Å². The molecule has 0 bridgehead atoms. The second kappa shape index (κ2) is 4.09. The average molecular weight is 198 g/mol. The standard InChI is InChI=1S/C10H8F2O2/c1-6-9(12)3-2-7(11)4-8(13)5-10(6)14/h2-3H,1,4-5H2/b7-2+,9-3?. The van der Waals surface area contributed by atoms with Crippen molar-refractivity contribution in [3.63, 3.8) is 0 Å². The Balaban J connectivity index is 3.02. The fourth-order valence-electron chi connectivity index (χ4n) is 0.993. The Morgan fingerprint density at radius 1 is 1.14 bits per heavy atom. The monoisotopic (exact) mass is 198 g/mol. The molecule has 0 atom stereocenters. The Morgan fingerprint density at radius 3 is 2.43 bits per heavy atom. The minimum atomic E-state index is -0.903. The summed E-state index contributed by atoms with van der Waals surface area (Å²) in [7, 11) is 0. The van der Waals surface area contributed by atoms with E-state index in [1.54, 1.807) is 0 Å². The van der Waals surface area contributed by atoms with Crippen LogP contribution in [0.3, 0.4) is 0 Å². The molecule has 0 fully saturated rings. The average Bonchev–Trinajstić information content (AvgIpc) is 2.14. The van der Waals surface area contributed by atoms with E-state index in [0.717, 1.165) is 12.2 Å². The summed E-state index contributed by atoms with van der Waals surface area (Å²) in [6.07, 6.45) is 0.662. The van der Waals surface area contributed by atoms with E-state index < -0.39 is 36.1 Å². The molecule has 74 valence electrons. The van der Waals surface area contributed by atoms with E-state index in [1.807, 2.05) is 0 Å². The van der Waals surface area contributed by atoms with Gasteiger partial charge in [-0.1, -0.05) is 6.58 Å². The molecule has 0 aromatic carbocycles. The van der Waals surface area contributed by atoms with Crippen LogP contribution in [0.2, 0.25) is 0 Å². The molecule has 14 heavy (non-hydrogen) atoms. The molecule has 4 heteroatoms. The second-order valence-electron chi connectivity index (χ2n) is 2.92. The highest BCUT2D eigenvalue weighted by Gasteiger charge is 2.18. The van der Waals surface area contributed by atoms with E-state index >= 15 is 0 Å². The molecule has 0 heterocycles. The van der Waals surface area contributed by atoms with Gasteiger partial charge in [0, 0.05) is 5.57 Å². The molecule has 0 aromatic heterocycles. The molecule has 0 amide bonds. The summed E-state index contributed by atoms with van der Waals surface area (Å²) in [5, 5.41) is 0. The van der Waals surface area contributed by atoms with E-state index in [0.29, 0.717) is 0 Å². The molecular formula is C10H8F2O2. The summed E-state index contributed by atoms with van der Waals surface area (Å²) in [6.45, 7) is 3.18. The predicted molar refractivity (Wildman–Crippen MR) is 46.8 cm³/mol. The van der Waals surface area contributed by atoms with E-state index in [2.05, 4.69) is 6.58 Å². The van der Waals surface area contributed by atoms with Crippen LogP contribution in [-0.2, 0) is 9.59 Å². The molecule has 1 aliphatic carbocycles. The van der Waals surface area contributed by atoms with Gasteiger partial charge in [-0.05, 0) is 12.2 Å². The van der Waals surface area contributed by atoms with Gasteiger partial charge in [0.05, 0.1) is 12.8 Å². The molecule has 2 nitrogen and oxygen atoms in total.